The first kappa shape index (κ1) is 13.6. The van der Waals surface area contributed by atoms with E-state index in [1.165, 1.54) is 11.1 Å². The molecule has 1 aliphatic rings. The molecule has 0 aliphatic carbocycles. The van der Waals surface area contributed by atoms with Crippen LogP contribution in [0.4, 0.5) is 0 Å². The molecule has 100 valence electrons. The molecule has 1 aromatic carbocycles. The van der Waals surface area contributed by atoms with E-state index in [4.69, 9.17) is 4.74 Å². The molecule has 1 aromatic rings. The van der Waals surface area contributed by atoms with Gasteiger partial charge in [-0.25, -0.2) is 0 Å². The third-order valence-electron chi connectivity index (χ3n) is 3.94. The van der Waals surface area contributed by atoms with Crippen molar-refractivity contribution in [2.75, 3.05) is 6.61 Å². The van der Waals surface area contributed by atoms with Crippen LogP contribution in [0.1, 0.15) is 49.3 Å². The molecule has 0 bridgehead atoms. The fourth-order valence-electron chi connectivity index (χ4n) is 2.92. The molecule has 0 amide bonds. The maximum Gasteiger partial charge on any atom is 0.0945 e. The van der Waals surface area contributed by atoms with Crippen LogP contribution in [0.2, 0.25) is 0 Å². The summed E-state index contributed by atoms with van der Waals surface area (Å²) in [5.41, 5.74) is 2.78. The zero-order chi connectivity index (χ0) is 13.2. The number of rotatable bonds is 3. The van der Waals surface area contributed by atoms with Crippen molar-refractivity contribution < 1.29 is 9.84 Å². The normalized spacial score (nSPS) is 28.3. The Kier molecular flexibility index (Phi) is 4.08. The second kappa shape index (κ2) is 5.41. The fourth-order valence-corrected chi connectivity index (χ4v) is 2.92. The van der Waals surface area contributed by atoms with E-state index in [2.05, 4.69) is 39.0 Å². The van der Waals surface area contributed by atoms with E-state index in [-0.39, 0.29) is 6.10 Å². The average molecular weight is 248 g/mol. The molecule has 0 spiro atoms. The van der Waals surface area contributed by atoms with E-state index < -0.39 is 5.60 Å². The predicted octanol–water partition coefficient (Wildman–Crippen LogP) is 3.47. The lowest BCUT2D eigenvalue weighted by molar-refractivity contribution is -0.110. The van der Waals surface area contributed by atoms with E-state index in [9.17, 15) is 5.11 Å². The Hall–Kier alpha value is -0.860. The van der Waals surface area contributed by atoms with E-state index in [0.29, 0.717) is 13.0 Å². The third kappa shape index (κ3) is 2.76. The molecular weight excluding hydrogens is 224 g/mol. The van der Waals surface area contributed by atoms with Crippen molar-refractivity contribution in [3.63, 3.8) is 0 Å². The van der Waals surface area contributed by atoms with Gasteiger partial charge in [-0.2, -0.15) is 0 Å². The maximum atomic E-state index is 11.0. The molecule has 2 atom stereocenters. The van der Waals surface area contributed by atoms with Crippen LogP contribution in [-0.2, 0) is 10.3 Å². The third-order valence-corrected chi connectivity index (χ3v) is 3.94. The number of aliphatic hydroxyl groups is 1. The second-order valence-electron chi connectivity index (χ2n) is 5.59. The predicted molar refractivity (Wildman–Crippen MR) is 73.7 cm³/mol. The van der Waals surface area contributed by atoms with Crippen LogP contribution in [0, 0.1) is 13.8 Å². The lowest BCUT2D eigenvalue weighted by atomic mass is 9.80. The zero-order valence-corrected chi connectivity index (χ0v) is 11.7. The fraction of sp³-hybridized carbons (Fsp3) is 0.625. The standard InChI is InChI=1S/C16H24O2/c1-4-5-14-11-16(17,8-9-18-14)15-10-12(2)6-7-13(15)3/h6-7,10,14,17H,4-5,8-9,11H2,1-3H3. The molecule has 1 fully saturated rings. The molecule has 1 N–H and O–H groups in total. The SMILES string of the molecule is CCCC1CC(O)(c2cc(C)ccc2C)CCO1. The zero-order valence-electron chi connectivity index (χ0n) is 11.7. The topological polar surface area (TPSA) is 29.5 Å². The summed E-state index contributed by atoms with van der Waals surface area (Å²) in [5, 5.41) is 11.0. The molecule has 0 saturated carbocycles. The average Bonchev–Trinajstić information content (AvgIpc) is 2.33. The highest BCUT2D eigenvalue weighted by Gasteiger charge is 2.37. The van der Waals surface area contributed by atoms with Crippen LogP contribution >= 0.6 is 0 Å². The van der Waals surface area contributed by atoms with Gasteiger partial charge in [-0.1, -0.05) is 37.1 Å². The molecule has 1 saturated heterocycles. The summed E-state index contributed by atoms with van der Waals surface area (Å²) in [7, 11) is 0. The van der Waals surface area contributed by atoms with Crippen molar-refractivity contribution in [1.82, 2.24) is 0 Å². The Balaban J connectivity index is 2.26. The molecule has 18 heavy (non-hydrogen) atoms. The highest BCUT2D eigenvalue weighted by molar-refractivity contribution is 5.35. The molecule has 2 rings (SSSR count). The first-order valence-electron chi connectivity index (χ1n) is 6.97. The lowest BCUT2D eigenvalue weighted by Crippen LogP contribution is -2.39. The van der Waals surface area contributed by atoms with Gasteiger partial charge in [0.1, 0.15) is 0 Å². The molecule has 1 aliphatic heterocycles. The number of hydrogen-bond donors (Lipinski definition) is 1. The number of ether oxygens (including phenoxy) is 1. The Bertz CT molecular complexity index is 412. The van der Waals surface area contributed by atoms with Crippen LogP contribution < -0.4 is 0 Å². The van der Waals surface area contributed by atoms with Gasteiger partial charge in [0.05, 0.1) is 18.3 Å². The van der Waals surface area contributed by atoms with E-state index >= 15 is 0 Å². The summed E-state index contributed by atoms with van der Waals surface area (Å²) in [4.78, 5) is 0. The van der Waals surface area contributed by atoms with Crippen molar-refractivity contribution in [2.45, 2.75) is 58.2 Å². The molecule has 0 radical (unpaired) electrons. The number of aryl methyl sites for hydroxylation is 2. The van der Waals surface area contributed by atoms with E-state index in [1.54, 1.807) is 0 Å². The summed E-state index contributed by atoms with van der Waals surface area (Å²) in [6.07, 6.45) is 3.78. The van der Waals surface area contributed by atoms with Crippen LogP contribution in [0.5, 0.6) is 0 Å². The largest absolute Gasteiger partial charge is 0.385 e. The van der Waals surface area contributed by atoms with Gasteiger partial charge in [-0.05, 0) is 31.4 Å². The van der Waals surface area contributed by atoms with Crippen molar-refractivity contribution in [1.29, 1.82) is 0 Å². The van der Waals surface area contributed by atoms with Gasteiger partial charge in [0.2, 0.25) is 0 Å². The van der Waals surface area contributed by atoms with Gasteiger partial charge in [-0.15, -0.1) is 0 Å². The second-order valence-corrected chi connectivity index (χ2v) is 5.59. The molecule has 0 aromatic heterocycles. The minimum atomic E-state index is -0.700. The monoisotopic (exact) mass is 248 g/mol. The minimum Gasteiger partial charge on any atom is -0.385 e. The number of benzene rings is 1. The molecular formula is C16H24O2. The highest BCUT2D eigenvalue weighted by Crippen LogP contribution is 2.37. The summed E-state index contributed by atoms with van der Waals surface area (Å²) in [5.74, 6) is 0. The summed E-state index contributed by atoms with van der Waals surface area (Å²) < 4.78 is 5.75. The molecule has 2 nitrogen and oxygen atoms in total. The maximum absolute atomic E-state index is 11.0. The first-order valence-corrected chi connectivity index (χ1v) is 6.97. The lowest BCUT2D eigenvalue weighted by Gasteiger charge is -2.38. The van der Waals surface area contributed by atoms with Gasteiger partial charge >= 0.3 is 0 Å². The van der Waals surface area contributed by atoms with Crippen LogP contribution in [-0.4, -0.2) is 17.8 Å². The van der Waals surface area contributed by atoms with Crippen LogP contribution in [0.25, 0.3) is 0 Å². The summed E-state index contributed by atoms with van der Waals surface area (Å²) >= 11 is 0. The molecule has 1 heterocycles. The quantitative estimate of drug-likeness (QED) is 0.887. The van der Waals surface area contributed by atoms with Gasteiger partial charge in [0, 0.05) is 12.8 Å². The Labute approximate surface area is 110 Å². The Morgan fingerprint density at radius 3 is 2.89 bits per heavy atom. The van der Waals surface area contributed by atoms with Crippen molar-refractivity contribution in [3.8, 4) is 0 Å². The minimum absolute atomic E-state index is 0.202. The Morgan fingerprint density at radius 2 is 2.17 bits per heavy atom. The summed E-state index contributed by atoms with van der Waals surface area (Å²) in [6, 6.07) is 6.33. The smallest absolute Gasteiger partial charge is 0.0945 e. The van der Waals surface area contributed by atoms with E-state index in [0.717, 1.165) is 24.8 Å². The molecule has 2 unspecified atom stereocenters. The number of hydrogen-bond acceptors (Lipinski definition) is 2. The van der Waals surface area contributed by atoms with E-state index in [1.807, 2.05) is 0 Å². The van der Waals surface area contributed by atoms with Crippen molar-refractivity contribution >= 4 is 0 Å². The Morgan fingerprint density at radius 1 is 1.39 bits per heavy atom. The van der Waals surface area contributed by atoms with Gasteiger partial charge in [0.15, 0.2) is 0 Å². The van der Waals surface area contributed by atoms with Gasteiger partial charge in [-0.3, -0.25) is 0 Å². The first-order chi connectivity index (χ1) is 8.55. The summed E-state index contributed by atoms with van der Waals surface area (Å²) in [6.45, 7) is 6.98. The van der Waals surface area contributed by atoms with Crippen molar-refractivity contribution in [3.05, 3.63) is 34.9 Å². The van der Waals surface area contributed by atoms with Crippen molar-refractivity contribution in [2.24, 2.45) is 0 Å². The highest BCUT2D eigenvalue weighted by atomic mass is 16.5. The molecule has 2 heteroatoms. The van der Waals surface area contributed by atoms with Crippen LogP contribution in [0.15, 0.2) is 18.2 Å². The van der Waals surface area contributed by atoms with Crippen LogP contribution in [0.3, 0.4) is 0 Å². The van der Waals surface area contributed by atoms with Gasteiger partial charge < -0.3 is 9.84 Å². The van der Waals surface area contributed by atoms with Gasteiger partial charge in [0.25, 0.3) is 0 Å².